The molecule has 110 valence electrons. The minimum atomic E-state index is -1.09. The van der Waals surface area contributed by atoms with Crippen molar-refractivity contribution in [2.75, 3.05) is 11.4 Å². The molecule has 6 heteroatoms. The van der Waals surface area contributed by atoms with Crippen LogP contribution in [-0.2, 0) is 11.8 Å². The van der Waals surface area contributed by atoms with Gasteiger partial charge in [-0.15, -0.1) is 0 Å². The number of aliphatic carboxylic acids is 1. The number of aromatic nitrogens is 1. The maximum Gasteiger partial charge on any atom is 0.323 e. The normalized spacial score (nSPS) is 10.4. The van der Waals surface area contributed by atoms with Crippen LogP contribution in [0.15, 0.2) is 36.4 Å². The van der Waals surface area contributed by atoms with Crippen LogP contribution in [0.5, 0.6) is 0 Å². The van der Waals surface area contributed by atoms with Gasteiger partial charge in [-0.3, -0.25) is 14.5 Å². The monoisotopic (exact) mass is 306 g/mol. The fraction of sp³-hybridized carbons (Fsp3) is 0.200. The number of anilines is 1. The maximum atomic E-state index is 12.6. The Kier molecular flexibility index (Phi) is 4.33. The van der Waals surface area contributed by atoms with Crippen LogP contribution in [0.3, 0.4) is 0 Å². The van der Waals surface area contributed by atoms with Crippen molar-refractivity contribution in [1.82, 2.24) is 4.57 Å². The molecule has 2 rings (SSSR count). The van der Waals surface area contributed by atoms with Crippen molar-refractivity contribution in [1.29, 1.82) is 0 Å². The molecule has 1 heterocycles. The number of halogens is 1. The summed E-state index contributed by atoms with van der Waals surface area (Å²) in [5.41, 5.74) is 1.79. The average molecular weight is 307 g/mol. The van der Waals surface area contributed by atoms with E-state index in [0.29, 0.717) is 16.4 Å². The molecule has 0 fully saturated rings. The second kappa shape index (κ2) is 6.01. The van der Waals surface area contributed by atoms with Crippen molar-refractivity contribution in [3.63, 3.8) is 0 Å². The van der Waals surface area contributed by atoms with Gasteiger partial charge in [-0.05, 0) is 37.3 Å². The maximum absolute atomic E-state index is 12.6. The van der Waals surface area contributed by atoms with Gasteiger partial charge >= 0.3 is 5.97 Å². The van der Waals surface area contributed by atoms with E-state index in [0.717, 1.165) is 5.69 Å². The summed E-state index contributed by atoms with van der Waals surface area (Å²) >= 11 is 5.92. The number of rotatable bonds is 4. The number of carboxylic acid groups (broad SMARTS) is 1. The second-order valence-corrected chi connectivity index (χ2v) is 5.12. The smallest absolute Gasteiger partial charge is 0.323 e. The molecule has 21 heavy (non-hydrogen) atoms. The number of benzene rings is 1. The minimum absolute atomic E-state index is 0.379. The molecule has 1 aromatic heterocycles. The number of amides is 1. The summed E-state index contributed by atoms with van der Waals surface area (Å²) in [4.78, 5) is 24.9. The van der Waals surface area contributed by atoms with Gasteiger partial charge in [0.05, 0.1) is 0 Å². The van der Waals surface area contributed by atoms with Crippen LogP contribution in [0.1, 0.15) is 16.2 Å². The number of hydrogen-bond acceptors (Lipinski definition) is 2. The first-order valence-electron chi connectivity index (χ1n) is 6.31. The molecule has 0 saturated heterocycles. The lowest BCUT2D eigenvalue weighted by molar-refractivity contribution is -0.135. The van der Waals surface area contributed by atoms with Crippen LogP contribution in [0, 0.1) is 6.92 Å². The number of carbonyl (C=O) groups is 2. The van der Waals surface area contributed by atoms with Crippen LogP contribution in [-0.4, -0.2) is 28.1 Å². The van der Waals surface area contributed by atoms with Crippen LogP contribution in [0.25, 0.3) is 0 Å². The number of nitrogens with zero attached hydrogens (tertiary/aromatic N) is 2. The summed E-state index contributed by atoms with van der Waals surface area (Å²) in [6, 6.07) is 10.1. The Morgan fingerprint density at radius 3 is 2.52 bits per heavy atom. The fourth-order valence-corrected chi connectivity index (χ4v) is 2.21. The summed E-state index contributed by atoms with van der Waals surface area (Å²) in [6.45, 7) is 1.45. The van der Waals surface area contributed by atoms with Gasteiger partial charge in [-0.25, -0.2) is 0 Å². The second-order valence-electron chi connectivity index (χ2n) is 4.68. The van der Waals surface area contributed by atoms with Crippen molar-refractivity contribution < 1.29 is 14.7 Å². The highest BCUT2D eigenvalue weighted by molar-refractivity contribution is 6.31. The Hall–Kier alpha value is -2.27. The summed E-state index contributed by atoms with van der Waals surface area (Å²) in [6.07, 6.45) is 0. The van der Waals surface area contributed by atoms with Gasteiger partial charge in [-0.2, -0.15) is 0 Å². The van der Waals surface area contributed by atoms with E-state index in [1.807, 2.05) is 13.0 Å². The van der Waals surface area contributed by atoms with E-state index in [1.165, 1.54) is 4.90 Å². The Morgan fingerprint density at radius 2 is 2.00 bits per heavy atom. The Labute approximate surface area is 127 Å². The van der Waals surface area contributed by atoms with Crippen molar-refractivity contribution in [3.05, 3.63) is 52.8 Å². The van der Waals surface area contributed by atoms with Crippen LogP contribution >= 0.6 is 11.6 Å². The van der Waals surface area contributed by atoms with E-state index in [1.54, 1.807) is 41.9 Å². The average Bonchev–Trinajstić information content (AvgIpc) is 2.75. The SMILES string of the molecule is Cc1ccc(C(=O)N(CC(=O)O)c2cccc(Cl)c2)n1C. The first kappa shape index (κ1) is 15.1. The van der Waals surface area contributed by atoms with E-state index in [2.05, 4.69) is 0 Å². The lowest BCUT2D eigenvalue weighted by Gasteiger charge is -2.21. The Balaban J connectivity index is 2.43. The number of carboxylic acids is 1. The third-order valence-corrected chi connectivity index (χ3v) is 3.49. The molecule has 1 N–H and O–H groups in total. The molecule has 5 nitrogen and oxygen atoms in total. The Bertz CT molecular complexity index is 694. The predicted molar refractivity (Wildman–Crippen MR) is 80.9 cm³/mol. The van der Waals surface area contributed by atoms with E-state index < -0.39 is 12.5 Å². The standard InChI is InChI=1S/C15H15ClN2O3/c1-10-6-7-13(17(10)2)15(21)18(9-14(19)20)12-5-3-4-11(16)8-12/h3-8H,9H2,1-2H3,(H,19,20). The van der Waals surface area contributed by atoms with Gasteiger partial charge in [0, 0.05) is 23.5 Å². The zero-order chi connectivity index (χ0) is 15.6. The van der Waals surface area contributed by atoms with Crippen molar-refractivity contribution in [2.24, 2.45) is 7.05 Å². The van der Waals surface area contributed by atoms with Gasteiger partial charge < -0.3 is 9.67 Å². The molecule has 2 aromatic rings. The Morgan fingerprint density at radius 1 is 1.29 bits per heavy atom. The summed E-state index contributed by atoms with van der Waals surface area (Å²) < 4.78 is 1.72. The molecule has 0 unspecified atom stereocenters. The molecule has 0 atom stereocenters. The summed E-state index contributed by atoms with van der Waals surface area (Å²) in [5.74, 6) is -1.47. The molecule has 0 aliphatic rings. The van der Waals surface area contributed by atoms with Crippen molar-refractivity contribution >= 4 is 29.2 Å². The topological polar surface area (TPSA) is 62.5 Å². The van der Waals surface area contributed by atoms with Gasteiger partial charge in [0.15, 0.2) is 0 Å². The van der Waals surface area contributed by atoms with Gasteiger partial charge in [0.2, 0.25) is 0 Å². The first-order chi connectivity index (χ1) is 9.90. The van der Waals surface area contributed by atoms with Crippen molar-refractivity contribution in [2.45, 2.75) is 6.92 Å². The molecule has 0 bridgehead atoms. The molecule has 0 radical (unpaired) electrons. The number of hydrogen-bond donors (Lipinski definition) is 1. The molecular weight excluding hydrogens is 292 g/mol. The predicted octanol–water partition coefficient (Wildman–Crippen LogP) is 2.72. The molecule has 0 saturated carbocycles. The highest BCUT2D eigenvalue weighted by Crippen LogP contribution is 2.22. The molecule has 1 aromatic carbocycles. The lowest BCUT2D eigenvalue weighted by Crippen LogP contribution is -2.36. The van der Waals surface area contributed by atoms with Crippen LogP contribution in [0.4, 0.5) is 5.69 Å². The number of carbonyl (C=O) groups excluding carboxylic acids is 1. The first-order valence-corrected chi connectivity index (χ1v) is 6.69. The summed E-state index contributed by atoms with van der Waals surface area (Å²) in [5, 5.41) is 9.49. The van der Waals surface area contributed by atoms with Gasteiger partial charge in [-0.1, -0.05) is 17.7 Å². The lowest BCUT2D eigenvalue weighted by atomic mass is 10.2. The minimum Gasteiger partial charge on any atom is -0.480 e. The fourth-order valence-electron chi connectivity index (χ4n) is 2.03. The zero-order valence-corrected chi connectivity index (χ0v) is 12.5. The van der Waals surface area contributed by atoms with Crippen molar-refractivity contribution in [3.8, 4) is 0 Å². The summed E-state index contributed by atoms with van der Waals surface area (Å²) in [7, 11) is 1.76. The third kappa shape index (κ3) is 3.25. The van der Waals surface area contributed by atoms with Crippen LogP contribution < -0.4 is 4.90 Å². The number of aryl methyl sites for hydroxylation is 1. The molecule has 0 spiro atoms. The molecular formula is C15H15ClN2O3. The highest BCUT2D eigenvalue weighted by Gasteiger charge is 2.23. The van der Waals surface area contributed by atoms with E-state index in [-0.39, 0.29) is 5.91 Å². The molecule has 0 aliphatic heterocycles. The molecule has 1 amide bonds. The molecule has 0 aliphatic carbocycles. The van der Waals surface area contributed by atoms with E-state index in [4.69, 9.17) is 16.7 Å². The largest absolute Gasteiger partial charge is 0.480 e. The third-order valence-electron chi connectivity index (χ3n) is 3.25. The van der Waals surface area contributed by atoms with Gasteiger partial charge in [0.1, 0.15) is 12.2 Å². The van der Waals surface area contributed by atoms with Crippen LogP contribution in [0.2, 0.25) is 5.02 Å². The zero-order valence-electron chi connectivity index (χ0n) is 11.7. The van der Waals surface area contributed by atoms with Gasteiger partial charge in [0.25, 0.3) is 5.91 Å². The quantitative estimate of drug-likeness (QED) is 0.944. The van der Waals surface area contributed by atoms with E-state index in [9.17, 15) is 9.59 Å². The van der Waals surface area contributed by atoms with E-state index >= 15 is 0 Å². The highest BCUT2D eigenvalue weighted by atomic mass is 35.5.